The smallest absolute Gasteiger partial charge is 0.335 e. The highest BCUT2D eigenvalue weighted by Gasteiger charge is 2.24. The lowest BCUT2D eigenvalue weighted by Crippen LogP contribution is -2.19. The molecule has 0 radical (unpaired) electrons. The minimum absolute atomic E-state index is 0.235. The molecule has 0 bridgehead atoms. The molecule has 0 spiro atoms. The summed E-state index contributed by atoms with van der Waals surface area (Å²) in [6.45, 7) is 14.4. The second-order valence-corrected chi connectivity index (χ2v) is 13.0. The fraction of sp³-hybridized carbons (Fsp3) is 0.133. The molecule has 0 N–H and O–H groups in total. The standard InChI is InChI=1S/C45H42N2O2/c1-7-44(48)49-43-30-28-42(29-31-43)47(39-22-12-34(4)13-23-39)41-26-16-36(17-27-41)45(5,6)35-14-24-40(25-15-35)46(37-18-8-32(2)9-19-37)38-20-10-33(3)11-21-38/h7-31H,1H2,2-6H3. The molecule has 0 heterocycles. The van der Waals surface area contributed by atoms with E-state index in [1.165, 1.54) is 27.8 Å². The maximum Gasteiger partial charge on any atom is 0.335 e. The van der Waals surface area contributed by atoms with E-state index in [1.807, 2.05) is 12.1 Å². The minimum atomic E-state index is -0.481. The SMILES string of the molecule is C=CC(=O)Oc1ccc(N(c2ccc(C)cc2)c2ccc(C(C)(C)c3ccc(N(c4ccc(C)cc4)c4ccc(C)cc4)cc3)cc2)cc1. The Morgan fingerprint density at radius 2 is 0.755 bits per heavy atom. The van der Waals surface area contributed by atoms with Crippen molar-refractivity contribution in [1.82, 2.24) is 0 Å². The Kier molecular flexibility index (Phi) is 9.50. The van der Waals surface area contributed by atoms with Crippen LogP contribution in [0.2, 0.25) is 0 Å². The third-order valence-electron chi connectivity index (χ3n) is 9.05. The number of ether oxygens (including phenoxy) is 1. The Labute approximate surface area is 290 Å². The summed E-state index contributed by atoms with van der Waals surface area (Å²) in [7, 11) is 0. The fourth-order valence-corrected chi connectivity index (χ4v) is 6.02. The molecule has 6 rings (SSSR count). The van der Waals surface area contributed by atoms with Crippen LogP contribution in [0.25, 0.3) is 0 Å². The van der Waals surface area contributed by atoms with Crippen molar-refractivity contribution in [2.45, 2.75) is 40.0 Å². The van der Waals surface area contributed by atoms with Gasteiger partial charge in [0.05, 0.1) is 0 Å². The fourth-order valence-electron chi connectivity index (χ4n) is 6.02. The number of benzene rings is 6. The third kappa shape index (κ3) is 7.34. The first-order valence-electron chi connectivity index (χ1n) is 16.6. The molecule has 0 atom stereocenters. The van der Waals surface area contributed by atoms with Crippen LogP contribution in [0.15, 0.2) is 158 Å². The molecule has 0 amide bonds. The first kappa shape index (κ1) is 33.0. The quantitative estimate of drug-likeness (QED) is 0.0846. The van der Waals surface area contributed by atoms with E-state index < -0.39 is 5.97 Å². The van der Waals surface area contributed by atoms with Gasteiger partial charge in [-0.15, -0.1) is 0 Å². The molecule has 6 aromatic carbocycles. The number of carbonyl (C=O) groups is 1. The third-order valence-corrected chi connectivity index (χ3v) is 9.05. The van der Waals surface area contributed by atoms with Gasteiger partial charge >= 0.3 is 5.97 Å². The number of hydrogen-bond acceptors (Lipinski definition) is 4. The molecule has 244 valence electrons. The summed E-state index contributed by atoms with van der Waals surface area (Å²) >= 11 is 0. The van der Waals surface area contributed by atoms with Crippen molar-refractivity contribution in [1.29, 1.82) is 0 Å². The summed E-state index contributed by atoms with van der Waals surface area (Å²) in [6, 6.07) is 51.1. The summed E-state index contributed by atoms with van der Waals surface area (Å²) in [6.07, 6.45) is 1.16. The van der Waals surface area contributed by atoms with E-state index in [2.05, 4.69) is 172 Å². The molecular weight excluding hydrogens is 601 g/mol. The number of anilines is 6. The van der Waals surface area contributed by atoms with Crippen LogP contribution >= 0.6 is 0 Å². The van der Waals surface area contributed by atoms with Crippen molar-refractivity contribution in [2.24, 2.45) is 0 Å². The van der Waals surface area contributed by atoms with E-state index in [9.17, 15) is 4.79 Å². The average molecular weight is 643 g/mol. The van der Waals surface area contributed by atoms with Crippen LogP contribution < -0.4 is 14.5 Å². The van der Waals surface area contributed by atoms with Crippen molar-refractivity contribution in [3.8, 4) is 5.75 Å². The van der Waals surface area contributed by atoms with Crippen molar-refractivity contribution in [3.05, 3.63) is 186 Å². The zero-order valence-electron chi connectivity index (χ0n) is 28.9. The number of rotatable bonds is 10. The first-order valence-corrected chi connectivity index (χ1v) is 16.6. The van der Waals surface area contributed by atoms with Crippen LogP contribution in [0, 0.1) is 20.8 Å². The molecular formula is C45H42N2O2. The van der Waals surface area contributed by atoms with Crippen LogP contribution in [0.1, 0.15) is 41.7 Å². The lowest BCUT2D eigenvalue weighted by molar-refractivity contribution is -0.128. The van der Waals surface area contributed by atoms with E-state index in [-0.39, 0.29) is 5.41 Å². The summed E-state index contributed by atoms with van der Waals surface area (Å²) < 4.78 is 5.32. The van der Waals surface area contributed by atoms with Crippen molar-refractivity contribution < 1.29 is 9.53 Å². The molecule has 0 aromatic heterocycles. The van der Waals surface area contributed by atoms with Crippen molar-refractivity contribution >= 4 is 40.1 Å². The topological polar surface area (TPSA) is 32.8 Å². The Hall–Kier alpha value is -5.87. The van der Waals surface area contributed by atoms with Gasteiger partial charge in [-0.3, -0.25) is 0 Å². The molecule has 0 aliphatic heterocycles. The zero-order valence-corrected chi connectivity index (χ0v) is 28.9. The molecule has 4 heteroatoms. The molecule has 6 aromatic rings. The summed E-state index contributed by atoms with van der Waals surface area (Å²) in [4.78, 5) is 16.2. The molecule has 4 nitrogen and oxygen atoms in total. The van der Waals surface area contributed by atoms with Crippen molar-refractivity contribution in [3.63, 3.8) is 0 Å². The zero-order chi connectivity index (χ0) is 34.5. The largest absolute Gasteiger partial charge is 0.423 e. The van der Waals surface area contributed by atoms with Crippen LogP contribution in [0.5, 0.6) is 5.75 Å². The van der Waals surface area contributed by atoms with Gasteiger partial charge in [0.15, 0.2) is 0 Å². The maximum absolute atomic E-state index is 11.7. The van der Waals surface area contributed by atoms with Crippen molar-refractivity contribution in [2.75, 3.05) is 9.80 Å². The predicted molar refractivity (Wildman–Crippen MR) is 204 cm³/mol. The van der Waals surface area contributed by atoms with Gasteiger partial charge in [-0.2, -0.15) is 0 Å². The highest BCUT2D eigenvalue weighted by atomic mass is 16.5. The summed E-state index contributed by atoms with van der Waals surface area (Å²) in [5.41, 5.74) is 12.3. The first-order chi connectivity index (χ1) is 23.6. The molecule has 49 heavy (non-hydrogen) atoms. The molecule has 0 saturated carbocycles. The van der Waals surface area contributed by atoms with Gasteiger partial charge in [0, 0.05) is 45.6 Å². The number of nitrogens with zero attached hydrogens (tertiary/aromatic N) is 2. The van der Waals surface area contributed by atoms with Gasteiger partial charge < -0.3 is 14.5 Å². The van der Waals surface area contributed by atoms with Gasteiger partial charge in [0.1, 0.15) is 5.75 Å². The monoisotopic (exact) mass is 642 g/mol. The lowest BCUT2D eigenvalue weighted by Gasteiger charge is -2.30. The number of aryl methyl sites for hydroxylation is 3. The van der Waals surface area contributed by atoms with Gasteiger partial charge in [0.2, 0.25) is 0 Å². The van der Waals surface area contributed by atoms with E-state index >= 15 is 0 Å². The maximum atomic E-state index is 11.7. The van der Waals surface area contributed by atoms with Crippen LogP contribution in [-0.2, 0) is 10.2 Å². The van der Waals surface area contributed by atoms with Crippen LogP contribution in [-0.4, -0.2) is 5.97 Å². The predicted octanol–water partition coefficient (Wildman–Crippen LogP) is 12.0. The number of carbonyl (C=O) groups excluding carboxylic acids is 1. The van der Waals surface area contributed by atoms with E-state index in [0.717, 1.165) is 40.2 Å². The second kappa shape index (κ2) is 14.1. The molecule has 0 aliphatic rings. The Morgan fingerprint density at radius 1 is 0.490 bits per heavy atom. The van der Waals surface area contributed by atoms with E-state index in [4.69, 9.17) is 4.74 Å². The van der Waals surface area contributed by atoms with Crippen LogP contribution in [0.4, 0.5) is 34.1 Å². The van der Waals surface area contributed by atoms with Gasteiger partial charge in [0.25, 0.3) is 0 Å². The Bertz CT molecular complexity index is 1980. The molecule has 0 unspecified atom stereocenters. The molecule has 0 saturated heterocycles. The Balaban J connectivity index is 1.30. The second-order valence-electron chi connectivity index (χ2n) is 13.0. The van der Waals surface area contributed by atoms with Gasteiger partial charge in [-0.05, 0) is 117 Å². The average Bonchev–Trinajstić information content (AvgIpc) is 3.12. The molecule has 0 aliphatic carbocycles. The van der Waals surface area contributed by atoms with E-state index in [1.54, 1.807) is 12.1 Å². The van der Waals surface area contributed by atoms with E-state index in [0.29, 0.717) is 5.75 Å². The highest BCUT2D eigenvalue weighted by molar-refractivity contribution is 5.84. The number of hydrogen-bond donors (Lipinski definition) is 0. The molecule has 0 fully saturated rings. The lowest BCUT2D eigenvalue weighted by atomic mass is 9.78. The summed E-state index contributed by atoms with van der Waals surface area (Å²) in [5.74, 6) is -0.00711. The van der Waals surface area contributed by atoms with Gasteiger partial charge in [-0.1, -0.05) is 97.8 Å². The normalized spacial score (nSPS) is 11.1. The number of esters is 1. The summed E-state index contributed by atoms with van der Waals surface area (Å²) in [5, 5.41) is 0. The Morgan fingerprint density at radius 3 is 1.04 bits per heavy atom. The van der Waals surface area contributed by atoms with Gasteiger partial charge in [-0.25, -0.2) is 4.79 Å². The van der Waals surface area contributed by atoms with Crippen LogP contribution in [0.3, 0.4) is 0 Å². The minimum Gasteiger partial charge on any atom is -0.423 e. The highest BCUT2D eigenvalue weighted by Crippen LogP contribution is 2.40.